The van der Waals surface area contributed by atoms with E-state index in [9.17, 15) is 18.0 Å². The van der Waals surface area contributed by atoms with Gasteiger partial charge in [-0.1, -0.05) is 24.3 Å². The molecule has 2 nitrogen and oxygen atoms in total. The highest BCUT2D eigenvalue weighted by Gasteiger charge is 2.30. The summed E-state index contributed by atoms with van der Waals surface area (Å²) in [6.07, 6.45) is -4.72. The van der Waals surface area contributed by atoms with E-state index in [1.165, 1.54) is 12.1 Å². The summed E-state index contributed by atoms with van der Waals surface area (Å²) < 4.78 is 37.8. The van der Waals surface area contributed by atoms with Crippen molar-refractivity contribution in [2.75, 3.05) is 0 Å². The maximum absolute atomic E-state index is 12.6. The third kappa shape index (κ3) is 2.45. The van der Waals surface area contributed by atoms with Gasteiger partial charge in [0.2, 0.25) is 0 Å². The van der Waals surface area contributed by atoms with Gasteiger partial charge in [-0.2, -0.15) is 13.2 Å². The zero-order chi connectivity index (χ0) is 13.3. The molecular weight excluding hydrogens is 245 g/mol. The Labute approximate surface area is 101 Å². The van der Waals surface area contributed by atoms with Gasteiger partial charge in [-0.15, -0.1) is 0 Å². The molecule has 0 fully saturated rings. The quantitative estimate of drug-likeness (QED) is 0.890. The van der Waals surface area contributed by atoms with Gasteiger partial charge in [0.1, 0.15) is 0 Å². The van der Waals surface area contributed by atoms with Crippen molar-refractivity contribution in [3.05, 3.63) is 47.5 Å². The molecule has 1 N–H and O–H groups in total. The first kappa shape index (κ1) is 12.4. The third-order valence-corrected chi connectivity index (χ3v) is 2.64. The van der Waals surface area contributed by atoms with Gasteiger partial charge in [0, 0.05) is 0 Å². The molecule has 2 rings (SSSR count). The lowest BCUT2D eigenvalue weighted by molar-refractivity contribution is -0.137. The molecular formula is C13H9F3O2. The fourth-order valence-corrected chi connectivity index (χ4v) is 1.83. The molecule has 0 unspecified atom stereocenters. The van der Waals surface area contributed by atoms with E-state index in [-0.39, 0.29) is 6.42 Å². The topological polar surface area (TPSA) is 37.3 Å². The molecule has 0 saturated carbocycles. The molecule has 0 spiro atoms. The second kappa shape index (κ2) is 4.33. The van der Waals surface area contributed by atoms with E-state index < -0.39 is 17.7 Å². The third-order valence-electron chi connectivity index (χ3n) is 2.64. The Morgan fingerprint density at radius 1 is 1.17 bits per heavy atom. The predicted molar refractivity (Wildman–Crippen MR) is 60.3 cm³/mol. The number of benzene rings is 2. The van der Waals surface area contributed by atoms with Crippen LogP contribution in [0.25, 0.3) is 10.8 Å². The Hall–Kier alpha value is -2.04. The molecule has 0 radical (unpaired) electrons. The summed E-state index contributed by atoms with van der Waals surface area (Å²) in [7, 11) is 0. The van der Waals surface area contributed by atoms with E-state index in [0.717, 1.165) is 12.1 Å². The maximum Gasteiger partial charge on any atom is 0.416 e. The number of aliphatic carboxylic acids is 1. The number of carboxylic acid groups (broad SMARTS) is 1. The number of hydrogen-bond donors (Lipinski definition) is 1. The number of carbonyl (C=O) groups is 1. The lowest BCUT2D eigenvalue weighted by atomic mass is 10.00. The van der Waals surface area contributed by atoms with Crippen LogP contribution in [0, 0.1) is 0 Å². The molecule has 18 heavy (non-hydrogen) atoms. The van der Waals surface area contributed by atoms with E-state index in [0.29, 0.717) is 16.3 Å². The second-order valence-electron chi connectivity index (χ2n) is 3.92. The van der Waals surface area contributed by atoms with E-state index in [2.05, 4.69) is 0 Å². The number of fused-ring (bicyclic) bond motifs is 1. The molecule has 0 saturated heterocycles. The fraction of sp³-hybridized carbons (Fsp3) is 0.154. The normalized spacial score (nSPS) is 11.7. The minimum atomic E-state index is -4.43. The Morgan fingerprint density at radius 2 is 1.89 bits per heavy atom. The average Bonchev–Trinajstić information content (AvgIpc) is 2.27. The largest absolute Gasteiger partial charge is 0.481 e. The van der Waals surface area contributed by atoms with E-state index in [4.69, 9.17) is 5.11 Å². The van der Waals surface area contributed by atoms with Crippen molar-refractivity contribution >= 4 is 16.7 Å². The number of rotatable bonds is 2. The second-order valence-corrected chi connectivity index (χ2v) is 3.92. The number of halogens is 3. The van der Waals surface area contributed by atoms with Crippen molar-refractivity contribution in [3.8, 4) is 0 Å². The molecule has 0 heterocycles. The summed E-state index contributed by atoms with van der Waals surface area (Å²) in [4.78, 5) is 10.7. The van der Waals surface area contributed by atoms with Crippen LogP contribution in [0.3, 0.4) is 0 Å². The molecule has 0 bridgehead atoms. The van der Waals surface area contributed by atoms with Crippen molar-refractivity contribution in [1.82, 2.24) is 0 Å². The zero-order valence-corrected chi connectivity index (χ0v) is 9.16. The molecule has 94 valence electrons. The molecule has 0 aliphatic heterocycles. The van der Waals surface area contributed by atoms with Crippen molar-refractivity contribution in [2.45, 2.75) is 12.6 Å². The highest BCUT2D eigenvalue weighted by atomic mass is 19.4. The van der Waals surface area contributed by atoms with Crippen LogP contribution in [0.2, 0.25) is 0 Å². The van der Waals surface area contributed by atoms with Gasteiger partial charge in [0.25, 0.3) is 0 Å². The zero-order valence-electron chi connectivity index (χ0n) is 9.16. The molecule has 2 aromatic rings. The molecule has 0 atom stereocenters. The molecule has 2 aromatic carbocycles. The van der Waals surface area contributed by atoms with Crippen molar-refractivity contribution in [2.24, 2.45) is 0 Å². The lowest BCUT2D eigenvalue weighted by Crippen LogP contribution is -2.05. The summed E-state index contributed by atoms with van der Waals surface area (Å²) in [6.45, 7) is 0. The molecule has 0 aliphatic carbocycles. The van der Waals surface area contributed by atoms with Gasteiger partial charge >= 0.3 is 12.1 Å². The lowest BCUT2D eigenvalue weighted by Gasteiger charge is -2.10. The summed E-state index contributed by atoms with van der Waals surface area (Å²) in [5.41, 5.74) is -0.390. The SMILES string of the molecule is O=C(O)Cc1cccc2ccc(C(F)(F)F)cc12. The van der Waals surface area contributed by atoms with Gasteiger partial charge < -0.3 is 5.11 Å². The van der Waals surface area contributed by atoms with E-state index in [1.54, 1.807) is 12.1 Å². The van der Waals surface area contributed by atoms with Crippen LogP contribution in [-0.2, 0) is 17.4 Å². The first-order valence-electron chi connectivity index (χ1n) is 5.18. The van der Waals surface area contributed by atoms with Gasteiger partial charge in [-0.25, -0.2) is 0 Å². The Balaban J connectivity index is 2.62. The first-order valence-corrected chi connectivity index (χ1v) is 5.18. The van der Waals surface area contributed by atoms with Gasteiger partial charge in [0.15, 0.2) is 0 Å². The summed E-state index contributed by atoms with van der Waals surface area (Å²) in [5, 5.41) is 9.66. The smallest absolute Gasteiger partial charge is 0.416 e. The molecule has 0 aromatic heterocycles. The van der Waals surface area contributed by atoms with Crippen LogP contribution in [0.5, 0.6) is 0 Å². The predicted octanol–water partition coefficient (Wildman–Crippen LogP) is 3.49. The van der Waals surface area contributed by atoms with Crippen LogP contribution < -0.4 is 0 Å². The van der Waals surface area contributed by atoms with Gasteiger partial charge in [-0.05, 0) is 28.5 Å². The Kier molecular flexibility index (Phi) is 2.98. The number of carboxylic acids is 1. The van der Waals surface area contributed by atoms with Crippen molar-refractivity contribution in [3.63, 3.8) is 0 Å². The van der Waals surface area contributed by atoms with Gasteiger partial charge in [0.05, 0.1) is 12.0 Å². The summed E-state index contributed by atoms with van der Waals surface area (Å²) in [6, 6.07) is 8.15. The highest BCUT2D eigenvalue weighted by molar-refractivity contribution is 5.89. The van der Waals surface area contributed by atoms with Crippen molar-refractivity contribution < 1.29 is 23.1 Å². The van der Waals surface area contributed by atoms with Crippen LogP contribution in [0.4, 0.5) is 13.2 Å². The number of hydrogen-bond acceptors (Lipinski definition) is 1. The van der Waals surface area contributed by atoms with E-state index in [1.807, 2.05) is 0 Å². The van der Waals surface area contributed by atoms with E-state index >= 15 is 0 Å². The minimum absolute atomic E-state index is 0.293. The van der Waals surface area contributed by atoms with Crippen LogP contribution in [-0.4, -0.2) is 11.1 Å². The molecule has 0 amide bonds. The van der Waals surface area contributed by atoms with Crippen molar-refractivity contribution in [1.29, 1.82) is 0 Å². The van der Waals surface area contributed by atoms with Gasteiger partial charge in [-0.3, -0.25) is 4.79 Å². The Bertz CT molecular complexity index is 603. The monoisotopic (exact) mass is 254 g/mol. The highest BCUT2D eigenvalue weighted by Crippen LogP contribution is 2.32. The summed E-state index contributed by atoms with van der Waals surface area (Å²) in [5.74, 6) is -1.07. The number of alkyl halides is 3. The van der Waals surface area contributed by atoms with Crippen LogP contribution in [0.1, 0.15) is 11.1 Å². The molecule has 5 heteroatoms. The average molecular weight is 254 g/mol. The molecule has 0 aliphatic rings. The van der Waals surface area contributed by atoms with Crippen LogP contribution >= 0.6 is 0 Å². The maximum atomic E-state index is 12.6. The van der Waals surface area contributed by atoms with Crippen LogP contribution in [0.15, 0.2) is 36.4 Å². The first-order chi connectivity index (χ1) is 8.38. The minimum Gasteiger partial charge on any atom is -0.481 e. The Morgan fingerprint density at radius 3 is 2.50 bits per heavy atom. The fourth-order valence-electron chi connectivity index (χ4n) is 1.83. The summed E-state index contributed by atoms with van der Waals surface area (Å²) >= 11 is 0. The standard InChI is InChI=1S/C13H9F3O2/c14-13(15,16)10-5-4-8-2-1-3-9(6-12(17)18)11(8)7-10/h1-5,7H,6H2,(H,17,18).